The van der Waals surface area contributed by atoms with Crippen molar-refractivity contribution in [1.29, 1.82) is 0 Å². The summed E-state index contributed by atoms with van der Waals surface area (Å²) in [4.78, 5) is 2.36. The van der Waals surface area contributed by atoms with Crippen molar-refractivity contribution in [1.82, 2.24) is 0 Å². The van der Waals surface area contributed by atoms with Crippen LogP contribution in [-0.4, -0.2) is 0 Å². The molecule has 0 amide bonds. The van der Waals surface area contributed by atoms with Gasteiger partial charge in [0.05, 0.1) is 0 Å². The summed E-state index contributed by atoms with van der Waals surface area (Å²) in [5.41, 5.74) is 16.4. The Kier molecular flexibility index (Phi) is 6.60. The van der Waals surface area contributed by atoms with Crippen LogP contribution in [0.15, 0.2) is 185 Å². The van der Waals surface area contributed by atoms with Crippen LogP contribution >= 0.6 is 0 Å². The van der Waals surface area contributed by atoms with E-state index in [1.165, 1.54) is 33.4 Å². The van der Waals surface area contributed by atoms with Gasteiger partial charge in [0, 0.05) is 55.7 Å². The average molecular weight is 694 g/mol. The van der Waals surface area contributed by atoms with Crippen LogP contribution in [0.3, 0.4) is 0 Å². The Bertz CT molecular complexity index is 3060. The molecule has 0 spiro atoms. The summed E-state index contributed by atoms with van der Waals surface area (Å²) in [6.07, 6.45) is 0. The third kappa shape index (κ3) is 4.55. The first kappa shape index (κ1) is 30.8. The zero-order valence-corrected chi connectivity index (χ0v) is 30.0. The molecule has 256 valence electrons. The molecule has 0 N–H and O–H groups in total. The lowest BCUT2D eigenvalue weighted by Crippen LogP contribution is -2.16. The molecule has 1 aliphatic carbocycles. The molecule has 3 nitrogen and oxygen atoms in total. The molecule has 2 aromatic heterocycles. The van der Waals surface area contributed by atoms with Crippen LogP contribution in [0, 0.1) is 0 Å². The molecular formula is C51H35NO2. The van der Waals surface area contributed by atoms with Gasteiger partial charge in [-0.25, -0.2) is 0 Å². The van der Waals surface area contributed by atoms with Crippen LogP contribution in [0.25, 0.3) is 77.3 Å². The molecule has 3 heteroatoms. The molecule has 54 heavy (non-hydrogen) atoms. The van der Waals surface area contributed by atoms with Crippen LogP contribution in [-0.2, 0) is 5.41 Å². The van der Waals surface area contributed by atoms with Gasteiger partial charge in [0.1, 0.15) is 22.3 Å². The number of anilines is 3. The van der Waals surface area contributed by atoms with Gasteiger partial charge in [-0.05, 0) is 87.5 Å². The fourth-order valence-electron chi connectivity index (χ4n) is 8.83. The van der Waals surface area contributed by atoms with Crippen molar-refractivity contribution in [2.75, 3.05) is 4.90 Å². The molecule has 0 atom stereocenters. The zero-order chi connectivity index (χ0) is 36.0. The van der Waals surface area contributed by atoms with Crippen LogP contribution in [0.2, 0.25) is 0 Å². The molecule has 0 aliphatic heterocycles. The third-order valence-corrected chi connectivity index (χ3v) is 11.5. The Morgan fingerprint density at radius 1 is 0.407 bits per heavy atom. The van der Waals surface area contributed by atoms with E-state index in [0.717, 1.165) is 72.1 Å². The number of hydrogen-bond donors (Lipinski definition) is 0. The molecular weight excluding hydrogens is 659 g/mol. The standard InChI is InChI=1S/C51H35NO2/c1-51(2)43-19-11-9-17-38(43)39-27-25-36(29-44(39)51)52(35-23-21-33(22-24-35)32-13-5-3-6-14-32)37-26-28-40-42-31-47-49(41-18-10-12-20-45(41)53-47)48(34-15-7-4-8-16-34)50(42)54-46(40)30-37/h3-31H,1-2H3. The van der Waals surface area contributed by atoms with E-state index in [9.17, 15) is 0 Å². The van der Waals surface area contributed by atoms with E-state index in [-0.39, 0.29) is 5.41 Å². The van der Waals surface area contributed by atoms with Crippen LogP contribution in [0.4, 0.5) is 17.1 Å². The van der Waals surface area contributed by atoms with Gasteiger partial charge in [0.2, 0.25) is 0 Å². The van der Waals surface area contributed by atoms with E-state index in [2.05, 4.69) is 183 Å². The number of fused-ring (bicyclic) bond motifs is 9. The number of nitrogens with zero attached hydrogens (tertiary/aromatic N) is 1. The minimum absolute atomic E-state index is 0.123. The Morgan fingerprint density at radius 2 is 1.04 bits per heavy atom. The molecule has 11 rings (SSSR count). The summed E-state index contributed by atoms with van der Waals surface area (Å²) in [5, 5.41) is 4.25. The van der Waals surface area contributed by atoms with E-state index < -0.39 is 0 Å². The van der Waals surface area contributed by atoms with Gasteiger partial charge in [0.15, 0.2) is 0 Å². The Hall–Kier alpha value is -6.84. The lowest BCUT2D eigenvalue weighted by atomic mass is 9.82. The van der Waals surface area contributed by atoms with Gasteiger partial charge in [0.25, 0.3) is 0 Å². The van der Waals surface area contributed by atoms with Crippen molar-refractivity contribution in [3.63, 3.8) is 0 Å². The summed E-state index contributed by atoms with van der Waals surface area (Å²) in [6, 6.07) is 62.8. The predicted molar refractivity (Wildman–Crippen MR) is 224 cm³/mol. The van der Waals surface area contributed by atoms with Crippen LogP contribution in [0.1, 0.15) is 25.0 Å². The van der Waals surface area contributed by atoms with Crippen molar-refractivity contribution in [3.8, 4) is 33.4 Å². The van der Waals surface area contributed by atoms with E-state index in [1.54, 1.807) is 0 Å². The summed E-state index contributed by atoms with van der Waals surface area (Å²) < 4.78 is 13.5. The first-order valence-corrected chi connectivity index (χ1v) is 18.6. The third-order valence-electron chi connectivity index (χ3n) is 11.5. The second kappa shape index (κ2) is 11.6. The highest BCUT2D eigenvalue weighted by atomic mass is 16.3. The SMILES string of the molecule is CC1(C)c2ccccc2-c2ccc(N(c3ccc(-c4ccccc4)cc3)c3ccc4c(c3)oc3c(-c5ccccc5)c5c(cc34)oc3ccccc35)cc21. The first-order valence-electron chi connectivity index (χ1n) is 18.6. The normalized spacial score (nSPS) is 13.1. The number of benzene rings is 8. The lowest BCUT2D eigenvalue weighted by Gasteiger charge is -2.28. The largest absolute Gasteiger partial charge is 0.456 e. The fourth-order valence-corrected chi connectivity index (χ4v) is 8.83. The fraction of sp³-hybridized carbons (Fsp3) is 0.0588. The van der Waals surface area contributed by atoms with Crippen molar-refractivity contribution in [2.24, 2.45) is 0 Å². The van der Waals surface area contributed by atoms with Crippen LogP contribution in [0.5, 0.6) is 0 Å². The molecule has 10 aromatic rings. The summed E-state index contributed by atoms with van der Waals surface area (Å²) in [5.74, 6) is 0. The molecule has 0 saturated heterocycles. The topological polar surface area (TPSA) is 29.5 Å². The number of furan rings is 2. The van der Waals surface area contributed by atoms with E-state index >= 15 is 0 Å². The van der Waals surface area contributed by atoms with Crippen molar-refractivity contribution in [3.05, 3.63) is 187 Å². The Balaban J connectivity index is 1.12. The van der Waals surface area contributed by atoms with Crippen molar-refractivity contribution < 1.29 is 8.83 Å². The maximum absolute atomic E-state index is 6.98. The number of hydrogen-bond acceptors (Lipinski definition) is 3. The van der Waals surface area contributed by atoms with E-state index in [0.29, 0.717) is 0 Å². The maximum atomic E-state index is 6.98. The lowest BCUT2D eigenvalue weighted by molar-refractivity contribution is 0.660. The van der Waals surface area contributed by atoms with E-state index in [1.807, 2.05) is 12.1 Å². The van der Waals surface area contributed by atoms with Gasteiger partial charge in [-0.2, -0.15) is 0 Å². The smallest absolute Gasteiger partial charge is 0.144 e. The minimum atomic E-state index is -0.123. The predicted octanol–water partition coefficient (Wildman–Crippen LogP) is 14.6. The van der Waals surface area contributed by atoms with Gasteiger partial charge < -0.3 is 13.7 Å². The summed E-state index contributed by atoms with van der Waals surface area (Å²) in [7, 11) is 0. The molecule has 8 aromatic carbocycles. The highest BCUT2D eigenvalue weighted by Gasteiger charge is 2.35. The molecule has 0 saturated carbocycles. The Morgan fingerprint density at radius 3 is 1.85 bits per heavy atom. The zero-order valence-electron chi connectivity index (χ0n) is 30.0. The maximum Gasteiger partial charge on any atom is 0.144 e. The molecule has 2 heterocycles. The van der Waals surface area contributed by atoms with Crippen molar-refractivity contribution in [2.45, 2.75) is 19.3 Å². The van der Waals surface area contributed by atoms with Gasteiger partial charge >= 0.3 is 0 Å². The van der Waals surface area contributed by atoms with Gasteiger partial charge in [-0.3, -0.25) is 0 Å². The summed E-state index contributed by atoms with van der Waals surface area (Å²) in [6.45, 7) is 4.68. The first-order chi connectivity index (χ1) is 26.5. The van der Waals surface area contributed by atoms with Gasteiger partial charge in [-0.1, -0.05) is 135 Å². The van der Waals surface area contributed by atoms with E-state index in [4.69, 9.17) is 8.83 Å². The second-order valence-electron chi connectivity index (χ2n) is 14.9. The monoisotopic (exact) mass is 693 g/mol. The van der Waals surface area contributed by atoms with Crippen molar-refractivity contribution >= 4 is 60.9 Å². The molecule has 0 bridgehead atoms. The molecule has 0 unspecified atom stereocenters. The highest BCUT2D eigenvalue weighted by molar-refractivity contribution is 6.23. The number of rotatable bonds is 5. The molecule has 0 radical (unpaired) electrons. The molecule has 0 fully saturated rings. The quantitative estimate of drug-likeness (QED) is 0.180. The van der Waals surface area contributed by atoms with Gasteiger partial charge in [-0.15, -0.1) is 0 Å². The number of para-hydroxylation sites is 1. The second-order valence-corrected chi connectivity index (χ2v) is 14.9. The average Bonchev–Trinajstić information content (AvgIpc) is 3.85. The van der Waals surface area contributed by atoms with Crippen LogP contribution < -0.4 is 4.90 Å². The molecule has 1 aliphatic rings. The Labute approximate surface area is 313 Å². The minimum Gasteiger partial charge on any atom is -0.456 e. The summed E-state index contributed by atoms with van der Waals surface area (Å²) >= 11 is 0. The highest BCUT2D eigenvalue weighted by Crippen LogP contribution is 2.51.